The smallest absolute Gasteiger partial charge is 0.0587 e. The lowest BCUT2D eigenvalue weighted by molar-refractivity contribution is 0.133. The van der Waals surface area contributed by atoms with Crippen LogP contribution >= 0.6 is 0 Å². The Morgan fingerprint density at radius 2 is 1.95 bits per heavy atom. The first kappa shape index (κ1) is 16.5. The highest BCUT2D eigenvalue weighted by Gasteiger charge is 2.21. The largest absolute Gasteiger partial charge is 0.383 e. The van der Waals surface area contributed by atoms with Gasteiger partial charge in [-0.2, -0.15) is 0 Å². The highest BCUT2D eigenvalue weighted by Crippen LogP contribution is 2.19. The van der Waals surface area contributed by atoms with Gasteiger partial charge >= 0.3 is 0 Å². The molecule has 1 aliphatic heterocycles. The van der Waals surface area contributed by atoms with Crippen molar-refractivity contribution in [2.45, 2.75) is 45.2 Å². The standard InChI is InChI=1S/C18H30N2O/c1-3-16-7-9-17(10-8-16)15-20-12-5-4-6-18(20)14-19-11-13-21-2/h7-10,18-19H,3-6,11-15H2,1-2H3. The SMILES string of the molecule is CCc1ccc(CN2CCCCC2CNCCOC)cc1. The number of ether oxygens (including phenoxy) is 1. The predicted molar refractivity (Wildman–Crippen MR) is 88.6 cm³/mol. The third kappa shape index (κ3) is 5.42. The number of hydrogen-bond donors (Lipinski definition) is 1. The molecule has 1 heterocycles. The van der Waals surface area contributed by atoms with Crippen LogP contribution in [-0.2, 0) is 17.7 Å². The van der Waals surface area contributed by atoms with Crippen LogP contribution in [0.15, 0.2) is 24.3 Å². The van der Waals surface area contributed by atoms with Gasteiger partial charge in [0.1, 0.15) is 0 Å². The molecule has 1 aromatic rings. The lowest BCUT2D eigenvalue weighted by Crippen LogP contribution is -2.45. The maximum Gasteiger partial charge on any atom is 0.0587 e. The topological polar surface area (TPSA) is 24.5 Å². The molecule has 0 aliphatic carbocycles. The molecule has 1 unspecified atom stereocenters. The van der Waals surface area contributed by atoms with E-state index in [0.29, 0.717) is 6.04 Å². The van der Waals surface area contributed by atoms with Crippen LogP contribution in [-0.4, -0.2) is 44.3 Å². The monoisotopic (exact) mass is 290 g/mol. The van der Waals surface area contributed by atoms with E-state index in [4.69, 9.17) is 4.74 Å². The number of nitrogens with one attached hydrogen (secondary N) is 1. The quantitative estimate of drug-likeness (QED) is 0.745. The number of nitrogens with zero attached hydrogens (tertiary/aromatic N) is 1. The van der Waals surface area contributed by atoms with E-state index in [1.807, 2.05) is 0 Å². The van der Waals surface area contributed by atoms with Gasteiger partial charge in [0.25, 0.3) is 0 Å². The maximum atomic E-state index is 5.10. The summed E-state index contributed by atoms with van der Waals surface area (Å²) in [5, 5.41) is 3.52. The lowest BCUT2D eigenvalue weighted by atomic mass is 10.0. The number of piperidine rings is 1. The molecular weight excluding hydrogens is 260 g/mol. The molecule has 0 aromatic heterocycles. The van der Waals surface area contributed by atoms with Crippen molar-refractivity contribution >= 4 is 0 Å². The van der Waals surface area contributed by atoms with Crippen LogP contribution in [0.1, 0.15) is 37.3 Å². The Bertz CT molecular complexity index is 391. The van der Waals surface area contributed by atoms with Crippen LogP contribution < -0.4 is 5.32 Å². The summed E-state index contributed by atoms with van der Waals surface area (Å²) in [6, 6.07) is 9.79. The molecule has 0 amide bonds. The Hall–Kier alpha value is -0.900. The number of methoxy groups -OCH3 is 1. The Kier molecular flexibility index (Phi) is 7.20. The minimum Gasteiger partial charge on any atom is -0.383 e. The third-order valence-electron chi connectivity index (χ3n) is 4.43. The summed E-state index contributed by atoms with van der Waals surface area (Å²) in [6.45, 7) is 7.35. The zero-order valence-electron chi connectivity index (χ0n) is 13.6. The predicted octanol–water partition coefficient (Wildman–Crippen LogP) is 2.84. The summed E-state index contributed by atoms with van der Waals surface area (Å²) in [5.41, 5.74) is 2.87. The highest BCUT2D eigenvalue weighted by atomic mass is 16.5. The molecule has 118 valence electrons. The van der Waals surface area contributed by atoms with Gasteiger partial charge in [-0.1, -0.05) is 37.6 Å². The third-order valence-corrected chi connectivity index (χ3v) is 4.43. The minimum absolute atomic E-state index is 0.668. The Balaban J connectivity index is 1.85. The van der Waals surface area contributed by atoms with Crippen molar-refractivity contribution < 1.29 is 4.74 Å². The van der Waals surface area contributed by atoms with Crippen LogP contribution in [0.4, 0.5) is 0 Å². The molecule has 1 atom stereocenters. The Morgan fingerprint density at radius 3 is 2.67 bits per heavy atom. The average molecular weight is 290 g/mol. The van der Waals surface area contributed by atoms with Crippen LogP contribution in [0.2, 0.25) is 0 Å². The van der Waals surface area contributed by atoms with Crippen molar-refractivity contribution in [2.24, 2.45) is 0 Å². The van der Waals surface area contributed by atoms with Crippen molar-refractivity contribution in [3.8, 4) is 0 Å². The summed E-state index contributed by atoms with van der Waals surface area (Å²) in [7, 11) is 1.76. The van der Waals surface area contributed by atoms with E-state index in [1.54, 1.807) is 7.11 Å². The number of likely N-dealkylation sites (tertiary alicyclic amines) is 1. The van der Waals surface area contributed by atoms with Gasteiger partial charge in [0.2, 0.25) is 0 Å². The second kappa shape index (κ2) is 9.19. The van der Waals surface area contributed by atoms with Gasteiger partial charge < -0.3 is 10.1 Å². The molecule has 3 heteroatoms. The van der Waals surface area contributed by atoms with E-state index in [0.717, 1.165) is 32.7 Å². The zero-order chi connectivity index (χ0) is 14.9. The fourth-order valence-electron chi connectivity index (χ4n) is 3.06. The highest BCUT2D eigenvalue weighted by molar-refractivity contribution is 5.22. The Labute approximate surface area is 129 Å². The Morgan fingerprint density at radius 1 is 1.19 bits per heavy atom. The molecule has 0 bridgehead atoms. The van der Waals surface area contributed by atoms with Gasteiger partial charge in [0.15, 0.2) is 0 Å². The maximum absolute atomic E-state index is 5.10. The summed E-state index contributed by atoms with van der Waals surface area (Å²) < 4.78 is 5.10. The first-order valence-corrected chi connectivity index (χ1v) is 8.35. The fourth-order valence-corrected chi connectivity index (χ4v) is 3.06. The van der Waals surface area contributed by atoms with Crippen LogP contribution in [0, 0.1) is 0 Å². The van der Waals surface area contributed by atoms with E-state index in [9.17, 15) is 0 Å². The van der Waals surface area contributed by atoms with Gasteiger partial charge in [0.05, 0.1) is 6.61 Å². The molecule has 0 spiro atoms. The summed E-state index contributed by atoms with van der Waals surface area (Å²) >= 11 is 0. The van der Waals surface area contributed by atoms with E-state index in [-0.39, 0.29) is 0 Å². The molecule has 1 saturated heterocycles. The molecule has 1 fully saturated rings. The zero-order valence-corrected chi connectivity index (χ0v) is 13.6. The first-order chi connectivity index (χ1) is 10.3. The summed E-state index contributed by atoms with van der Waals surface area (Å²) in [4.78, 5) is 2.64. The molecule has 0 radical (unpaired) electrons. The van der Waals surface area contributed by atoms with Gasteiger partial charge in [-0.15, -0.1) is 0 Å². The van der Waals surface area contributed by atoms with Crippen molar-refractivity contribution in [2.75, 3.05) is 33.4 Å². The molecular formula is C18H30N2O. The average Bonchev–Trinajstić information content (AvgIpc) is 2.54. The molecule has 1 aromatic carbocycles. The fraction of sp³-hybridized carbons (Fsp3) is 0.667. The molecule has 0 saturated carbocycles. The van der Waals surface area contributed by atoms with Crippen LogP contribution in [0.25, 0.3) is 0 Å². The summed E-state index contributed by atoms with van der Waals surface area (Å²) in [5.74, 6) is 0. The number of aryl methyl sites for hydroxylation is 1. The van der Waals surface area contributed by atoms with Crippen molar-refractivity contribution in [1.82, 2.24) is 10.2 Å². The first-order valence-electron chi connectivity index (χ1n) is 8.35. The lowest BCUT2D eigenvalue weighted by Gasteiger charge is -2.36. The van der Waals surface area contributed by atoms with Gasteiger partial charge in [-0.25, -0.2) is 0 Å². The van der Waals surface area contributed by atoms with Crippen LogP contribution in [0.5, 0.6) is 0 Å². The van der Waals surface area contributed by atoms with Gasteiger partial charge in [0, 0.05) is 32.8 Å². The normalized spacial score (nSPS) is 19.8. The van der Waals surface area contributed by atoms with E-state index in [1.165, 1.54) is 36.9 Å². The second-order valence-corrected chi connectivity index (χ2v) is 5.99. The van der Waals surface area contributed by atoms with E-state index >= 15 is 0 Å². The van der Waals surface area contributed by atoms with Crippen LogP contribution in [0.3, 0.4) is 0 Å². The van der Waals surface area contributed by atoms with Crippen molar-refractivity contribution in [3.63, 3.8) is 0 Å². The van der Waals surface area contributed by atoms with E-state index < -0.39 is 0 Å². The molecule has 1 aliphatic rings. The van der Waals surface area contributed by atoms with E-state index in [2.05, 4.69) is 41.4 Å². The number of benzene rings is 1. The van der Waals surface area contributed by atoms with Gasteiger partial charge in [-0.3, -0.25) is 4.90 Å². The van der Waals surface area contributed by atoms with Gasteiger partial charge in [-0.05, 0) is 36.9 Å². The second-order valence-electron chi connectivity index (χ2n) is 5.99. The molecule has 1 N–H and O–H groups in total. The molecule has 21 heavy (non-hydrogen) atoms. The molecule has 2 rings (SSSR count). The number of hydrogen-bond acceptors (Lipinski definition) is 3. The van der Waals surface area contributed by atoms with Crippen molar-refractivity contribution in [1.29, 1.82) is 0 Å². The number of rotatable bonds is 8. The molecule has 3 nitrogen and oxygen atoms in total. The minimum atomic E-state index is 0.668. The van der Waals surface area contributed by atoms with Crippen molar-refractivity contribution in [3.05, 3.63) is 35.4 Å². The summed E-state index contributed by atoms with van der Waals surface area (Å²) in [6.07, 6.45) is 5.13.